The molecule has 6 rings (SSSR count). The molecule has 0 spiro atoms. The Balaban J connectivity index is 1.27. The molecule has 0 aliphatic heterocycles. The maximum atomic E-state index is 12.5. The van der Waals surface area contributed by atoms with Gasteiger partial charge < -0.3 is 10.1 Å². The first-order valence-electron chi connectivity index (χ1n) is 12.1. The molecule has 7 heteroatoms. The van der Waals surface area contributed by atoms with E-state index in [1.807, 2.05) is 91.0 Å². The monoisotopic (exact) mass is 506 g/mol. The van der Waals surface area contributed by atoms with E-state index in [0.717, 1.165) is 40.8 Å². The Morgan fingerprint density at radius 3 is 2.14 bits per heavy atom. The third-order valence-electron chi connectivity index (χ3n) is 6.50. The van der Waals surface area contributed by atoms with Crippen molar-refractivity contribution in [1.29, 1.82) is 0 Å². The van der Waals surface area contributed by atoms with Gasteiger partial charge in [-0.25, -0.2) is 19.7 Å². The Hall–Kier alpha value is -4.29. The van der Waals surface area contributed by atoms with Gasteiger partial charge in [-0.2, -0.15) is 0 Å². The first kappa shape index (κ1) is 23.1. The fourth-order valence-electron chi connectivity index (χ4n) is 4.40. The fraction of sp³-hybridized carbons (Fsp3) is 0.133. The highest BCUT2D eigenvalue weighted by Crippen LogP contribution is 2.49. The van der Waals surface area contributed by atoms with E-state index in [2.05, 4.69) is 10.3 Å². The predicted octanol–water partition coefficient (Wildman–Crippen LogP) is 6.93. The summed E-state index contributed by atoms with van der Waals surface area (Å²) < 4.78 is 5.86. The van der Waals surface area contributed by atoms with Crippen LogP contribution in [0.15, 0.2) is 97.1 Å². The maximum absolute atomic E-state index is 12.5. The lowest BCUT2D eigenvalue weighted by atomic mass is 10.0. The second-order valence-electron chi connectivity index (χ2n) is 9.06. The van der Waals surface area contributed by atoms with Crippen molar-refractivity contribution in [1.82, 2.24) is 20.3 Å². The zero-order valence-electron chi connectivity index (χ0n) is 19.9. The molecule has 6 nitrogen and oxygen atoms in total. The number of hydrogen-bond acceptors (Lipinski definition) is 5. The SMILES string of the molecule is O=C(NCc1ccccc1)OC1(c2ccc(-c3nc4nc(Cl)ccc4nc3-c3ccccc3)cc2)CC1. The number of fused-ring (bicyclic) bond motifs is 1. The van der Waals surface area contributed by atoms with Gasteiger partial charge >= 0.3 is 6.09 Å². The summed E-state index contributed by atoms with van der Waals surface area (Å²) >= 11 is 6.13. The number of alkyl carbamates (subject to hydrolysis) is 1. The van der Waals surface area contributed by atoms with E-state index in [9.17, 15) is 4.79 Å². The second-order valence-corrected chi connectivity index (χ2v) is 9.45. The lowest BCUT2D eigenvalue weighted by Crippen LogP contribution is -2.28. The van der Waals surface area contributed by atoms with Crippen LogP contribution in [-0.2, 0) is 16.9 Å². The molecule has 1 amide bonds. The van der Waals surface area contributed by atoms with E-state index in [1.54, 1.807) is 6.07 Å². The lowest BCUT2D eigenvalue weighted by molar-refractivity contribution is 0.0809. The molecule has 0 atom stereocenters. The van der Waals surface area contributed by atoms with Gasteiger partial charge in [0.05, 0.1) is 11.4 Å². The Morgan fingerprint density at radius 1 is 0.784 bits per heavy atom. The van der Waals surface area contributed by atoms with Crippen LogP contribution in [0.3, 0.4) is 0 Å². The minimum absolute atomic E-state index is 0.369. The molecule has 2 aromatic heterocycles. The summed E-state index contributed by atoms with van der Waals surface area (Å²) in [6, 6.07) is 31.2. The molecular formula is C30H23ClN4O2. The zero-order valence-corrected chi connectivity index (χ0v) is 20.7. The smallest absolute Gasteiger partial charge is 0.408 e. The number of hydrogen-bond donors (Lipinski definition) is 1. The number of carbonyl (C=O) groups excluding carboxylic acids is 1. The summed E-state index contributed by atoms with van der Waals surface area (Å²) in [5, 5.41) is 3.22. The molecular weight excluding hydrogens is 484 g/mol. The van der Waals surface area contributed by atoms with Crippen LogP contribution in [-0.4, -0.2) is 21.0 Å². The van der Waals surface area contributed by atoms with E-state index in [4.69, 9.17) is 26.3 Å². The molecule has 1 fully saturated rings. The Labute approximate surface area is 219 Å². The molecule has 0 bridgehead atoms. The Morgan fingerprint density at radius 2 is 1.43 bits per heavy atom. The van der Waals surface area contributed by atoms with Gasteiger partial charge in [-0.05, 0) is 36.1 Å². The summed E-state index contributed by atoms with van der Waals surface area (Å²) in [6.07, 6.45) is 1.16. The van der Waals surface area contributed by atoms with Crippen molar-refractivity contribution in [3.63, 3.8) is 0 Å². The van der Waals surface area contributed by atoms with Crippen molar-refractivity contribution >= 4 is 28.9 Å². The van der Waals surface area contributed by atoms with Crippen molar-refractivity contribution in [2.45, 2.75) is 25.0 Å². The number of aromatic nitrogens is 3. The maximum Gasteiger partial charge on any atom is 0.408 e. The van der Waals surface area contributed by atoms with Crippen molar-refractivity contribution in [2.24, 2.45) is 0 Å². The molecule has 1 aliphatic rings. The first-order valence-corrected chi connectivity index (χ1v) is 12.5. The van der Waals surface area contributed by atoms with Crippen molar-refractivity contribution < 1.29 is 9.53 Å². The first-order chi connectivity index (χ1) is 18.1. The highest BCUT2D eigenvalue weighted by Gasteiger charge is 2.48. The highest BCUT2D eigenvalue weighted by molar-refractivity contribution is 6.29. The second kappa shape index (κ2) is 9.64. The molecule has 0 radical (unpaired) electrons. The zero-order chi connectivity index (χ0) is 25.2. The van der Waals surface area contributed by atoms with Gasteiger partial charge in [0.15, 0.2) is 5.65 Å². The molecule has 1 saturated carbocycles. The normalized spacial score (nSPS) is 13.8. The van der Waals surface area contributed by atoms with Gasteiger partial charge in [0.25, 0.3) is 0 Å². The van der Waals surface area contributed by atoms with Gasteiger partial charge in [0.1, 0.15) is 16.3 Å². The molecule has 1 aliphatic carbocycles. The van der Waals surface area contributed by atoms with Crippen molar-refractivity contribution in [3.8, 4) is 22.5 Å². The highest BCUT2D eigenvalue weighted by atomic mass is 35.5. The van der Waals surface area contributed by atoms with E-state index in [0.29, 0.717) is 28.6 Å². The Bertz CT molecular complexity index is 1570. The van der Waals surface area contributed by atoms with E-state index in [1.165, 1.54) is 0 Å². The van der Waals surface area contributed by atoms with Gasteiger partial charge in [-0.1, -0.05) is 96.5 Å². The van der Waals surface area contributed by atoms with E-state index >= 15 is 0 Å². The van der Waals surface area contributed by atoms with Crippen LogP contribution in [0.2, 0.25) is 5.15 Å². The van der Waals surface area contributed by atoms with E-state index in [-0.39, 0.29) is 0 Å². The van der Waals surface area contributed by atoms with Gasteiger partial charge in [-0.15, -0.1) is 0 Å². The molecule has 0 saturated heterocycles. The number of pyridine rings is 1. The van der Waals surface area contributed by atoms with Crippen LogP contribution in [0.4, 0.5) is 4.79 Å². The summed E-state index contributed by atoms with van der Waals surface area (Å²) in [6.45, 7) is 0.426. The minimum atomic E-state index is -0.592. The Kier molecular flexibility index (Phi) is 6.02. The molecule has 2 heterocycles. The van der Waals surface area contributed by atoms with Crippen molar-refractivity contribution in [2.75, 3.05) is 0 Å². The number of amides is 1. The summed E-state index contributed by atoms with van der Waals surface area (Å²) in [7, 11) is 0. The lowest BCUT2D eigenvalue weighted by Gasteiger charge is -2.18. The molecule has 0 unspecified atom stereocenters. The third-order valence-corrected chi connectivity index (χ3v) is 6.71. The van der Waals surface area contributed by atoms with Gasteiger partial charge in [0.2, 0.25) is 0 Å². The number of rotatable bonds is 6. The molecule has 37 heavy (non-hydrogen) atoms. The number of nitrogens with zero attached hydrogens (tertiary/aromatic N) is 3. The molecule has 1 N–H and O–H groups in total. The number of halogens is 1. The number of ether oxygens (including phenoxy) is 1. The van der Waals surface area contributed by atoms with Crippen molar-refractivity contribution in [3.05, 3.63) is 113 Å². The average molecular weight is 507 g/mol. The van der Waals surface area contributed by atoms with Crippen LogP contribution in [0.1, 0.15) is 24.0 Å². The van der Waals surface area contributed by atoms with Crippen LogP contribution in [0.25, 0.3) is 33.7 Å². The average Bonchev–Trinajstić information content (AvgIpc) is 3.73. The minimum Gasteiger partial charge on any atom is -0.438 e. The topological polar surface area (TPSA) is 77.0 Å². The van der Waals surface area contributed by atoms with Crippen LogP contribution < -0.4 is 5.32 Å². The van der Waals surface area contributed by atoms with Crippen LogP contribution in [0.5, 0.6) is 0 Å². The van der Waals surface area contributed by atoms with Crippen LogP contribution in [0, 0.1) is 0 Å². The number of benzene rings is 3. The van der Waals surface area contributed by atoms with Crippen LogP contribution >= 0.6 is 11.6 Å². The predicted molar refractivity (Wildman–Crippen MR) is 144 cm³/mol. The molecule has 3 aromatic carbocycles. The molecule has 5 aromatic rings. The largest absolute Gasteiger partial charge is 0.438 e. The third kappa shape index (κ3) is 4.88. The summed E-state index contributed by atoms with van der Waals surface area (Å²) in [5.74, 6) is 0. The number of nitrogens with one attached hydrogen (secondary N) is 1. The standard InChI is InChI=1S/C30H23ClN4O2/c31-25-16-15-24-28(34-25)35-27(26(33-24)21-9-5-2-6-10-21)22-11-13-23(14-12-22)30(17-18-30)37-29(36)32-19-20-7-3-1-4-8-20/h1-16H,17-19H2,(H,32,36). The molecule has 182 valence electrons. The quantitative estimate of drug-likeness (QED) is 0.253. The van der Waals surface area contributed by atoms with Gasteiger partial charge in [0, 0.05) is 17.7 Å². The summed E-state index contributed by atoms with van der Waals surface area (Å²) in [5.41, 5.74) is 5.89. The summed E-state index contributed by atoms with van der Waals surface area (Å²) in [4.78, 5) is 26.6. The van der Waals surface area contributed by atoms with E-state index < -0.39 is 11.7 Å². The fourth-order valence-corrected chi connectivity index (χ4v) is 4.54. The number of carbonyl (C=O) groups is 1. The van der Waals surface area contributed by atoms with Gasteiger partial charge in [-0.3, -0.25) is 0 Å².